The Labute approximate surface area is 142 Å². The third-order valence-corrected chi connectivity index (χ3v) is 3.60. The molecule has 0 unspecified atom stereocenters. The third kappa shape index (κ3) is 4.66. The maximum Gasteiger partial charge on any atom is 0.232 e. The van der Waals surface area contributed by atoms with Gasteiger partial charge in [0.25, 0.3) is 0 Å². The summed E-state index contributed by atoms with van der Waals surface area (Å²) in [7, 11) is 0. The smallest absolute Gasteiger partial charge is 0.232 e. The van der Waals surface area contributed by atoms with Gasteiger partial charge in [-0.1, -0.05) is 6.08 Å². The number of rotatable bonds is 5. The first kappa shape index (κ1) is 17.7. The molecule has 2 saturated heterocycles. The maximum absolute atomic E-state index is 5.39. The summed E-state index contributed by atoms with van der Waals surface area (Å²) < 4.78 is 10.8. The fraction of sp³-hybridized carbons (Fsp3) is 0.643. The second-order valence-corrected chi connectivity index (χ2v) is 5.13. The molecule has 0 spiro atoms. The van der Waals surface area contributed by atoms with Gasteiger partial charge in [-0.05, 0) is 0 Å². The van der Waals surface area contributed by atoms with Crippen molar-refractivity contribution in [2.24, 2.45) is 0 Å². The summed E-state index contributed by atoms with van der Waals surface area (Å²) in [5.41, 5.74) is 0. The Bertz CT molecular complexity index is 470. The van der Waals surface area contributed by atoms with Gasteiger partial charge in [0.15, 0.2) is 0 Å². The summed E-state index contributed by atoms with van der Waals surface area (Å²) in [5, 5.41) is 3.16. The van der Waals surface area contributed by atoms with Crippen molar-refractivity contribution in [3.8, 4) is 0 Å². The van der Waals surface area contributed by atoms with Crippen molar-refractivity contribution in [2.45, 2.75) is 0 Å². The van der Waals surface area contributed by atoms with Gasteiger partial charge in [0.05, 0.1) is 26.4 Å². The molecule has 0 amide bonds. The summed E-state index contributed by atoms with van der Waals surface area (Å²) in [5.74, 6) is 1.98. The van der Waals surface area contributed by atoms with Gasteiger partial charge >= 0.3 is 0 Å². The Balaban J connectivity index is 0.00000192. The number of ether oxygens (including phenoxy) is 2. The van der Waals surface area contributed by atoms with Gasteiger partial charge in [0.2, 0.25) is 17.8 Å². The van der Waals surface area contributed by atoms with E-state index in [1.165, 1.54) is 0 Å². The summed E-state index contributed by atoms with van der Waals surface area (Å²) >= 11 is 0. The molecule has 8 nitrogen and oxygen atoms in total. The molecule has 0 aromatic carbocycles. The summed E-state index contributed by atoms with van der Waals surface area (Å²) in [6, 6.07) is 0. The molecule has 0 atom stereocenters. The molecule has 23 heavy (non-hydrogen) atoms. The van der Waals surface area contributed by atoms with E-state index in [9.17, 15) is 0 Å². The number of hydrogen-bond acceptors (Lipinski definition) is 8. The van der Waals surface area contributed by atoms with Crippen LogP contribution < -0.4 is 15.1 Å². The van der Waals surface area contributed by atoms with Gasteiger partial charge in [-0.3, -0.25) is 0 Å². The Morgan fingerprint density at radius 3 is 1.83 bits per heavy atom. The van der Waals surface area contributed by atoms with Crippen LogP contribution in [-0.4, -0.2) is 74.1 Å². The monoisotopic (exact) mass is 342 g/mol. The number of morpholine rings is 2. The maximum atomic E-state index is 5.39. The van der Waals surface area contributed by atoms with Crippen LogP contribution in [0.2, 0.25) is 0 Å². The lowest BCUT2D eigenvalue weighted by Gasteiger charge is -2.30. The van der Waals surface area contributed by atoms with E-state index < -0.39 is 0 Å². The Hall–Kier alpha value is -1.64. The first-order chi connectivity index (χ1) is 10.9. The lowest BCUT2D eigenvalue weighted by atomic mass is 10.4. The van der Waals surface area contributed by atoms with Gasteiger partial charge in [0, 0.05) is 32.7 Å². The predicted molar refractivity (Wildman–Crippen MR) is 91.8 cm³/mol. The van der Waals surface area contributed by atoms with Crippen molar-refractivity contribution in [2.75, 3.05) is 74.3 Å². The quantitative estimate of drug-likeness (QED) is 0.778. The fourth-order valence-corrected chi connectivity index (χ4v) is 2.41. The lowest BCUT2D eigenvalue weighted by Crippen LogP contribution is -2.40. The van der Waals surface area contributed by atoms with E-state index in [0.29, 0.717) is 50.8 Å². The van der Waals surface area contributed by atoms with E-state index in [1.807, 2.05) is 0 Å². The van der Waals surface area contributed by atoms with Crippen LogP contribution in [0.1, 0.15) is 0 Å². The Morgan fingerprint density at radius 2 is 1.39 bits per heavy atom. The Kier molecular flexibility index (Phi) is 6.82. The Morgan fingerprint density at radius 1 is 0.913 bits per heavy atom. The minimum atomic E-state index is 0. The fourth-order valence-electron chi connectivity index (χ4n) is 2.41. The third-order valence-electron chi connectivity index (χ3n) is 3.60. The van der Waals surface area contributed by atoms with E-state index in [1.54, 1.807) is 6.08 Å². The van der Waals surface area contributed by atoms with E-state index >= 15 is 0 Å². The van der Waals surface area contributed by atoms with Crippen LogP contribution in [-0.2, 0) is 9.47 Å². The molecule has 1 N–H and O–H groups in total. The van der Waals surface area contributed by atoms with Gasteiger partial charge in [0.1, 0.15) is 0 Å². The first-order valence-electron chi connectivity index (χ1n) is 7.63. The molecule has 2 aliphatic heterocycles. The number of aromatic nitrogens is 3. The second-order valence-electron chi connectivity index (χ2n) is 5.13. The summed E-state index contributed by atoms with van der Waals surface area (Å²) in [6.07, 6.45) is 1.78. The van der Waals surface area contributed by atoms with E-state index in [-0.39, 0.29) is 12.4 Å². The molecule has 0 saturated carbocycles. The highest BCUT2D eigenvalue weighted by molar-refractivity contribution is 5.85. The van der Waals surface area contributed by atoms with Gasteiger partial charge in [-0.2, -0.15) is 15.0 Å². The van der Waals surface area contributed by atoms with Crippen molar-refractivity contribution in [3.63, 3.8) is 0 Å². The highest BCUT2D eigenvalue weighted by Gasteiger charge is 2.20. The molecule has 0 radical (unpaired) electrons. The second kappa shape index (κ2) is 8.85. The SMILES string of the molecule is C=CCNc1nc(N2CCOCC2)nc(N2CCOCC2)n1.Cl. The molecule has 3 heterocycles. The number of halogens is 1. The van der Waals surface area contributed by atoms with E-state index in [2.05, 4.69) is 36.6 Å². The predicted octanol–water partition coefficient (Wildman–Crippen LogP) is 0.564. The molecule has 3 rings (SSSR count). The standard InChI is InChI=1S/C14H22N6O2.ClH/c1-2-3-15-12-16-13(19-4-8-21-9-5-19)18-14(17-12)20-6-10-22-11-7-20;/h2H,1,3-11H2,(H,15,16,17,18);1H. The van der Waals surface area contributed by atoms with E-state index in [4.69, 9.17) is 9.47 Å². The van der Waals surface area contributed by atoms with Gasteiger partial charge in [-0.25, -0.2) is 0 Å². The lowest BCUT2D eigenvalue weighted by molar-refractivity contribution is 0.121. The molecule has 2 fully saturated rings. The molecule has 0 bridgehead atoms. The van der Waals surface area contributed by atoms with E-state index in [0.717, 1.165) is 26.2 Å². The molecular weight excluding hydrogens is 320 g/mol. The zero-order valence-corrected chi connectivity index (χ0v) is 13.9. The van der Waals surface area contributed by atoms with Gasteiger partial charge < -0.3 is 24.6 Å². The zero-order valence-electron chi connectivity index (χ0n) is 13.1. The molecule has 1 aromatic rings. The zero-order chi connectivity index (χ0) is 15.2. The van der Waals surface area contributed by atoms with Crippen LogP contribution in [0.5, 0.6) is 0 Å². The van der Waals surface area contributed by atoms with Crippen molar-refractivity contribution >= 4 is 30.3 Å². The van der Waals surface area contributed by atoms with Crippen LogP contribution in [0.3, 0.4) is 0 Å². The molecule has 1 aromatic heterocycles. The van der Waals surface area contributed by atoms with Crippen LogP contribution in [0.25, 0.3) is 0 Å². The average Bonchev–Trinajstić information content (AvgIpc) is 2.61. The summed E-state index contributed by atoms with van der Waals surface area (Å²) in [6.45, 7) is 10.3. The van der Waals surface area contributed by atoms with Gasteiger partial charge in [-0.15, -0.1) is 19.0 Å². The largest absolute Gasteiger partial charge is 0.378 e. The highest BCUT2D eigenvalue weighted by Crippen LogP contribution is 2.18. The van der Waals surface area contributed by atoms with Crippen molar-refractivity contribution in [3.05, 3.63) is 12.7 Å². The topological polar surface area (TPSA) is 75.6 Å². The van der Waals surface area contributed by atoms with Crippen LogP contribution in [0.4, 0.5) is 17.8 Å². The normalized spacial score (nSPS) is 18.3. The van der Waals surface area contributed by atoms with Crippen molar-refractivity contribution in [1.29, 1.82) is 0 Å². The highest BCUT2D eigenvalue weighted by atomic mass is 35.5. The summed E-state index contributed by atoms with van der Waals surface area (Å²) in [4.78, 5) is 17.9. The number of nitrogens with one attached hydrogen (secondary N) is 1. The molecule has 2 aliphatic rings. The number of anilines is 3. The first-order valence-corrected chi connectivity index (χ1v) is 7.63. The number of hydrogen-bond donors (Lipinski definition) is 1. The van der Waals surface area contributed by atoms with Crippen molar-refractivity contribution in [1.82, 2.24) is 15.0 Å². The molecular formula is C14H23ClN6O2. The van der Waals surface area contributed by atoms with Crippen LogP contribution in [0, 0.1) is 0 Å². The number of nitrogens with zero attached hydrogens (tertiary/aromatic N) is 5. The molecule has 9 heteroatoms. The van der Waals surface area contributed by atoms with Crippen LogP contribution >= 0.6 is 12.4 Å². The minimum absolute atomic E-state index is 0. The van der Waals surface area contributed by atoms with Crippen LogP contribution in [0.15, 0.2) is 12.7 Å². The molecule has 128 valence electrons. The average molecular weight is 343 g/mol. The van der Waals surface area contributed by atoms with Crippen molar-refractivity contribution < 1.29 is 9.47 Å². The molecule has 0 aliphatic carbocycles. The minimum Gasteiger partial charge on any atom is -0.378 e.